The van der Waals surface area contributed by atoms with Crippen LogP contribution in [0.1, 0.15) is 12.0 Å². The van der Waals surface area contributed by atoms with Gasteiger partial charge in [0.2, 0.25) is 5.91 Å². The van der Waals surface area contributed by atoms with Crippen molar-refractivity contribution in [3.8, 4) is 0 Å². The van der Waals surface area contributed by atoms with Crippen LogP contribution in [0.3, 0.4) is 0 Å². The number of nitrogens with one attached hydrogen (secondary N) is 1. The Kier molecular flexibility index (Phi) is 3.96. The highest BCUT2D eigenvalue weighted by Gasteiger charge is 2.51. The van der Waals surface area contributed by atoms with Gasteiger partial charge in [0, 0.05) is 6.54 Å². The van der Waals surface area contributed by atoms with Gasteiger partial charge >= 0.3 is 5.97 Å². The number of amides is 1. The maximum Gasteiger partial charge on any atom is 0.307 e. The summed E-state index contributed by atoms with van der Waals surface area (Å²) in [6.07, 6.45) is 5.24. The molecule has 1 amide bonds. The summed E-state index contributed by atoms with van der Waals surface area (Å²) in [6, 6.07) is 6.14. The number of aliphatic carboxylic acids is 1. The van der Waals surface area contributed by atoms with E-state index >= 15 is 0 Å². The van der Waals surface area contributed by atoms with Gasteiger partial charge in [-0.3, -0.25) is 9.59 Å². The maximum atomic E-state index is 12.8. The highest BCUT2D eigenvalue weighted by atomic mass is 19.1. The molecule has 2 N–H and O–H groups in total. The van der Waals surface area contributed by atoms with E-state index in [0.717, 1.165) is 12.0 Å². The van der Waals surface area contributed by atoms with E-state index in [0.29, 0.717) is 13.0 Å². The first-order valence-electron chi connectivity index (χ1n) is 7.49. The molecule has 4 atom stereocenters. The average Bonchev–Trinajstić information content (AvgIpc) is 3.09. The second-order valence-electron chi connectivity index (χ2n) is 6.01. The molecule has 0 radical (unpaired) electrons. The number of halogens is 1. The first kappa shape index (κ1) is 14.8. The molecule has 5 heteroatoms. The van der Waals surface area contributed by atoms with Crippen molar-refractivity contribution in [3.63, 3.8) is 0 Å². The van der Waals surface area contributed by atoms with Crippen molar-refractivity contribution in [1.29, 1.82) is 0 Å². The zero-order valence-electron chi connectivity index (χ0n) is 12.0. The molecule has 1 aromatic rings. The Labute approximate surface area is 128 Å². The van der Waals surface area contributed by atoms with Crippen molar-refractivity contribution in [2.75, 3.05) is 6.54 Å². The topological polar surface area (TPSA) is 66.4 Å². The van der Waals surface area contributed by atoms with Crippen LogP contribution in [0.2, 0.25) is 0 Å². The van der Waals surface area contributed by atoms with E-state index in [1.165, 1.54) is 12.1 Å². The van der Waals surface area contributed by atoms with Crippen LogP contribution >= 0.6 is 0 Å². The van der Waals surface area contributed by atoms with E-state index in [2.05, 4.69) is 5.32 Å². The average molecular weight is 303 g/mol. The van der Waals surface area contributed by atoms with E-state index in [9.17, 15) is 19.1 Å². The summed E-state index contributed by atoms with van der Waals surface area (Å²) in [6.45, 7) is 0.425. The standard InChI is InChI=1S/C17H18FNO3/c18-13-5-1-10(2-6-13)7-8-19-16(20)14-11-3-4-12(9-11)15(14)17(21)22/h1-6,11-12,14-15H,7-9H2,(H,19,20)(H,21,22)/t11-,12-,14+,15+/m0/s1. The largest absolute Gasteiger partial charge is 0.481 e. The molecule has 4 nitrogen and oxygen atoms in total. The zero-order valence-corrected chi connectivity index (χ0v) is 12.0. The molecule has 116 valence electrons. The van der Waals surface area contributed by atoms with Crippen LogP contribution in [0.25, 0.3) is 0 Å². The van der Waals surface area contributed by atoms with E-state index in [-0.39, 0.29) is 23.6 Å². The lowest BCUT2D eigenvalue weighted by atomic mass is 9.82. The van der Waals surface area contributed by atoms with E-state index in [1.807, 2.05) is 12.2 Å². The first-order valence-corrected chi connectivity index (χ1v) is 7.49. The minimum absolute atomic E-state index is 0.0182. The van der Waals surface area contributed by atoms with Crippen molar-refractivity contribution in [2.45, 2.75) is 12.8 Å². The predicted octanol–water partition coefficient (Wildman–Crippen LogP) is 2.01. The van der Waals surface area contributed by atoms with Crippen LogP contribution in [-0.2, 0) is 16.0 Å². The van der Waals surface area contributed by atoms with Crippen LogP contribution in [-0.4, -0.2) is 23.5 Å². The molecule has 1 aromatic carbocycles. The lowest BCUT2D eigenvalue weighted by Gasteiger charge is -2.23. The molecule has 3 rings (SSSR count). The quantitative estimate of drug-likeness (QED) is 0.818. The molecule has 0 heterocycles. The second kappa shape index (κ2) is 5.91. The number of fused-ring (bicyclic) bond motifs is 2. The van der Waals surface area contributed by atoms with Gasteiger partial charge in [0.15, 0.2) is 0 Å². The van der Waals surface area contributed by atoms with Crippen LogP contribution in [0.5, 0.6) is 0 Å². The summed E-state index contributed by atoms with van der Waals surface area (Å²) in [5.74, 6) is -2.43. The number of carbonyl (C=O) groups excluding carboxylic acids is 1. The monoisotopic (exact) mass is 303 g/mol. The summed E-state index contributed by atoms with van der Waals surface area (Å²) in [5, 5.41) is 12.2. The molecular weight excluding hydrogens is 285 g/mol. The summed E-state index contributed by atoms with van der Waals surface area (Å²) >= 11 is 0. The Morgan fingerprint density at radius 1 is 1.14 bits per heavy atom. The summed E-state index contributed by atoms with van der Waals surface area (Å²) < 4.78 is 12.8. The van der Waals surface area contributed by atoms with Gasteiger partial charge in [-0.2, -0.15) is 0 Å². The summed E-state index contributed by atoms with van der Waals surface area (Å²) in [4.78, 5) is 23.7. The minimum Gasteiger partial charge on any atom is -0.481 e. The first-order chi connectivity index (χ1) is 10.6. The number of carboxylic acids is 1. The number of hydrogen-bond acceptors (Lipinski definition) is 2. The molecular formula is C17H18FNO3. The van der Waals surface area contributed by atoms with Crippen LogP contribution in [0.4, 0.5) is 4.39 Å². The fraction of sp³-hybridized carbons (Fsp3) is 0.412. The molecule has 0 spiro atoms. The Morgan fingerprint density at radius 2 is 1.77 bits per heavy atom. The minimum atomic E-state index is -0.893. The number of carboxylic acid groups (broad SMARTS) is 1. The highest BCUT2D eigenvalue weighted by Crippen LogP contribution is 2.48. The molecule has 1 fully saturated rings. The van der Waals surface area contributed by atoms with Crippen molar-refractivity contribution in [2.24, 2.45) is 23.7 Å². The molecule has 0 aliphatic heterocycles. The van der Waals surface area contributed by atoms with Gasteiger partial charge < -0.3 is 10.4 Å². The highest BCUT2D eigenvalue weighted by molar-refractivity contribution is 5.86. The SMILES string of the molecule is O=C(O)[C@H]1[C@H](C(=O)NCCc2ccc(F)cc2)[C@H]2C=C[C@H]1C2. The van der Waals surface area contributed by atoms with Crippen LogP contribution in [0.15, 0.2) is 36.4 Å². The third kappa shape index (κ3) is 2.75. The fourth-order valence-corrected chi connectivity index (χ4v) is 3.62. The molecule has 0 saturated heterocycles. The van der Waals surface area contributed by atoms with Gasteiger partial charge in [-0.25, -0.2) is 4.39 Å². The number of benzene rings is 1. The lowest BCUT2D eigenvalue weighted by molar-refractivity contribution is -0.147. The van der Waals surface area contributed by atoms with Gasteiger partial charge in [0.1, 0.15) is 5.82 Å². The Hall–Kier alpha value is -2.17. The Bertz CT molecular complexity index is 611. The Balaban J connectivity index is 1.56. The third-order valence-corrected chi connectivity index (χ3v) is 4.67. The maximum absolute atomic E-state index is 12.8. The molecule has 2 aliphatic rings. The summed E-state index contributed by atoms with van der Waals surface area (Å²) in [5.41, 5.74) is 0.935. The van der Waals surface area contributed by atoms with E-state index in [1.54, 1.807) is 12.1 Å². The molecule has 2 aliphatic carbocycles. The van der Waals surface area contributed by atoms with Crippen LogP contribution in [0, 0.1) is 29.5 Å². The fourth-order valence-electron chi connectivity index (χ4n) is 3.62. The van der Waals surface area contributed by atoms with E-state index < -0.39 is 17.8 Å². The number of allylic oxidation sites excluding steroid dienone is 2. The number of rotatable bonds is 5. The molecule has 0 aromatic heterocycles. The van der Waals surface area contributed by atoms with Gasteiger partial charge in [0.05, 0.1) is 11.8 Å². The zero-order chi connectivity index (χ0) is 15.7. The Morgan fingerprint density at radius 3 is 2.41 bits per heavy atom. The predicted molar refractivity (Wildman–Crippen MR) is 78.5 cm³/mol. The van der Waals surface area contributed by atoms with Gasteiger partial charge in [0.25, 0.3) is 0 Å². The molecule has 1 saturated carbocycles. The lowest BCUT2D eigenvalue weighted by Crippen LogP contribution is -2.40. The van der Waals surface area contributed by atoms with Crippen molar-refractivity contribution in [3.05, 3.63) is 47.8 Å². The van der Waals surface area contributed by atoms with E-state index in [4.69, 9.17) is 0 Å². The molecule has 0 unspecified atom stereocenters. The van der Waals surface area contributed by atoms with Crippen molar-refractivity contribution in [1.82, 2.24) is 5.32 Å². The van der Waals surface area contributed by atoms with Gasteiger partial charge in [-0.1, -0.05) is 24.3 Å². The third-order valence-electron chi connectivity index (χ3n) is 4.67. The van der Waals surface area contributed by atoms with Crippen molar-refractivity contribution >= 4 is 11.9 Å². The van der Waals surface area contributed by atoms with Gasteiger partial charge in [-0.15, -0.1) is 0 Å². The van der Waals surface area contributed by atoms with Crippen molar-refractivity contribution < 1.29 is 19.1 Å². The smallest absolute Gasteiger partial charge is 0.307 e. The summed E-state index contributed by atoms with van der Waals surface area (Å²) in [7, 11) is 0. The number of carbonyl (C=O) groups is 2. The van der Waals surface area contributed by atoms with Crippen LogP contribution < -0.4 is 5.32 Å². The second-order valence-corrected chi connectivity index (χ2v) is 6.01. The molecule has 2 bridgehead atoms. The number of hydrogen-bond donors (Lipinski definition) is 2. The normalized spacial score (nSPS) is 28.8. The molecule has 22 heavy (non-hydrogen) atoms. The van der Waals surface area contributed by atoms with Gasteiger partial charge in [-0.05, 0) is 42.4 Å².